The molecule has 9 heteroatoms. The minimum atomic E-state index is -0.288. The minimum absolute atomic E-state index is 0.199. The van der Waals surface area contributed by atoms with Gasteiger partial charge in [0.25, 0.3) is 13.4 Å². The lowest BCUT2D eigenvalue weighted by Crippen LogP contribution is -2.64. The van der Waals surface area contributed by atoms with Crippen molar-refractivity contribution in [3.05, 3.63) is 271 Å². The molecule has 0 spiro atoms. The molecule has 0 amide bonds. The molecule has 6 nitrogen and oxygen atoms in total. The smallest absolute Gasteiger partial charge is 0.256 e. The van der Waals surface area contributed by atoms with Gasteiger partial charge in [-0.05, 0) is 156 Å². The number of nitrogens with zero attached hydrogens (tertiary/aromatic N) is 5. The largest absolute Gasteiger partial charge is 0.458 e. The summed E-state index contributed by atoms with van der Waals surface area (Å²) in [4.78, 5) is 7.19. The van der Waals surface area contributed by atoms with Crippen molar-refractivity contribution in [1.82, 2.24) is 9.13 Å². The van der Waals surface area contributed by atoms with Crippen molar-refractivity contribution in [2.45, 2.75) is 27.7 Å². The zero-order valence-corrected chi connectivity index (χ0v) is 47.3. The third-order valence-corrected chi connectivity index (χ3v) is 18.8. The zero-order chi connectivity index (χ0) is 56.5. The van der Waals surface area contributed by atoms with Crippen LogP contribution in [0.5, 0.6) is 11.5 Å². The summed E-state index contributed by atoms with van der Waals surface area (Å²) < 4.78 is 29.3. The van der Waals surface area contributed by atoms with E-state index < -0.39 is 0 Å². The van der Waals surface area contributed by atoms with Gasteiger partial charge in [-0.1, -0.05) is 164 Å². The molecule has 0 saturated carbocycles. The Kier molecular flexibility index (Phi) is 10.0. The molecule has 0 fully saturated rings. The molecule has 0 aliphatic carbocycles. The van der Waals surface area contributed by atoms with E-state index in [-0.39, 0.29) is 19.2 Å². The summed E-state index contributed by atoms with van der Waals surface area (Å²) in [5, 5.41) is 4.84. The number of hydrogen-bond donors (Lipinski definition) is 0. The lowest BCUT2D eigenvalue weighted by Gasteiger charge is -2.46. The first-order valence-electron chi connectivity index (χ1n) is 29.4. The second-order valence-electron chi connectivity index (χ2n) is 23.5. The second-order valence-corrected chi connectivity index (χ2v) is 23.5. The monoisotopic (exact) mass is 1090 g/mol. The van der Waals surface area contributed by atoms with Crippen molar-refractivity contribution in [3.8, 4) is 22.9 Å². The van der Waals surface area contributed by atoms with Crippen LogP contribution in [0.3, 0.4) is 0 Å². The topological polar surface area (TPSA) is 28.8 Å². The Morgan fingerprint density at radius 2 is 0.718 bits per heavy atom. The highest BCUT2D eigenvalue weighted by molar-refractivity contribution is 7.02. The van der Waals surface area contributed by atoms with Crippen LogP contribution >= 0.6 is 0 Å². The van der Waals surface area contributed by atoms with Gasteiger partial charge in [0, 0.05) is 73.1 Å². The number of halogens is 1. The Morgan fingerprint density at radius 3 is 1.25 bits per heavy atom. The number of hydrogen-bond acceptors (Lipinski definition) is 4. The highest BCUT2D eigenvalue weighted by atomic mass is 19.1. The van der Waals surface area contributed by atoms with E-state index in [2.05, 4.69) is 270 Å². The molecule has 2 aromatic heterocycles. The van der Waals surface area contributed by atoms with E-state index in [1.54, 1.807) is 12.1 Å². The fourth-order valence-corrected chi connectivity index (χ4v) is 15.4. The molecule has 4 aliphatic rings. The van der Waals surface area contributed by atoms with Gasteiger partial charge in [0.05, 0.1) is 39.1 Å². The summed E-state index contributed by atoms with van der Waals surface area (Å²) in [5.74, 6) is 1.39. The molecule has 0 bridgehead atoms. The Labute approximate surface area is 492 Å². The predicted octanol–water partition coefficient (Wildman–Crippen LogP) is 15.7. The molecule has 0 atom stereocenters. The normalized spacial score (nSPS) is 13.4. The number of aryl methyl sites for hydroxylation is 4. The molecule has 4 aliphatic heterocycles. The molecule has 0 N–H and O–H groups in total. The highest BCUT2D eigenvalue weighted by Gasteiger charge is 2.48. The number of anilines is 9. The SMILES string of the molecule is Cc1cccc2c3cccc(C)c3n(-c3cc4c5c(c3)N(c3ccccc3)c3cc6c(cc3B5c3ccccc3O4)B3c4ccccc4N(c4ccccc4F)c4cc(-n5c7c(C)cccc7c7cccc(C)c75)cc(c43)N6c3ccccc3)c12. The first-order valence-corrected chi connectivity index (χ1v) is 29.4. The van der Waals surface area contributed by atoms with Crippen molar-refractivity contribution in [3.63, 3.8) is 0 Å². The van der Waals surface area contributed by atoms with Crippen molar-refractivity contribution in [1.29, 1.82) is 0 Å². The van der Waals surface area contributed by atoms with Crippen molar-refractivity contribution in [2.75, 3.05) is 14.7 Å². The average molecular weight is 1090 g/mol. The van der Waals surface area contributed by atoms with Crippen LogP contribution in [0.2, 0.25) is 0 Å². The lowest BCUT2D eigenvalue weighted by molar-refractivity contribution is 0.487. The Balaban J connectivity index is 0.976. The molecule has 400 valence electrons. The first kappa shape index (κ1) is 48.1. The summed E-state index contributed by atoms with van der Waals surface area (Å²) in [5.41, 5.74) is 27.0. The second kappa shape index (κ2) is 17.8. The van der Waals surface area contributed by atoms with E-state index >= 15 is 4.39 Å². The standard InChI is InChI=1S/C76H52B2FN5O/c1-45-21-17-29-53-54-30-18-22-46(2)74(54)82(73(45)53)51-39-66-71-67(40-51)84(63-37-15-13-35-61(63)79)62-36-14-11-33-57(62)77(71)59-43-60-65(44-64(59)80(66)49-25-7-5-8-26-49)81(50-27-9-6-10-28-50)68-41-52(42-70-72(68)78(60)58-34-12-16-38-69(58)85-70)83-75-47(3)23-19-31-55(75)56-32-20-24-48(4)76(56)83/h5-44H,1-4H3. The maximum Gasteiger partial charge on any atom is 0.256 e. The van der Waals surface area contributed by atoms with Crippen molar-refractivity contribution < 1.29 is 9.13 Å². The average Bonchev–Trinajstić information content (AvgIpc) is 1.27. The fourth-order valence-electron chi connectivity index (χ4n) is 15.4. The number of rotatable bonds is 5. The fraction of sp³-hybridized carbons (Fsp3) is 0.0526. The van der Waals surface area contributed by atoms with E-state index in [1.165, 1.54) is 65.8 Å². The van der Waals surface area contributed by atoms with Crippen molar-refractivity contribution in [2.24, 2.45) is 0 Å². The number of para-hydroxylation sites is 9. The van der Waals surface area contributed by atoms with Crippen LogP contribution in [0, 0.1) is 33.5 Å². The van der Waals surface area contributed by atoms with Gasteiger partial charge in [-0.15, -0.1) is 0 Å². The van der Waals surface area contributed by atoms with Gasteiger partial charge in [0.2, 0.25) is 0 Å². The number of benzene rings is 12. The molecule has 85 heavy (non-hydrogen) atoms. The molecule has 18 rings (SSSR count). The molecule has 0 saturated heterocycles. The molecule has 0 radical (unpaired) electrons. The molecular formula is C76H52B2FN5O. The van der Waals surface area contributed by atoms with Crippen LogP contribution in [-0.2, 0) is 0 Å². The van der Waals surface area contributed by atoms with Crippen LogP contribution in [-0.4, -0.2) is 22.6 Å². The van der Waals surface area contributed by atoms with E-state index in [0.29, 0.717) is 5.69 Å². The van der Waals surface area contributed by atoms with Crippen LogP contribution in [0.15, 0.2) is 243 Å². The van der Waals surface area contributed by atoms with Gasteiger partial charge in [0.15, 0.2) is 0 Å². The quantitative estimate of drug-likeness (QED) is 0.161. The Bertz CT molecular complexity index is 5110. The maximum absolute atomic E-state index is 17.1. The van der Waals surface area contributed by atoms with Gasteiger partial charge in [-0.2, -0.15) is 0 Å². The minimum Gasteiger partial charge on any atom is -0.458 e. The summed E-state index contributed by atoms with van der Waals surface area (Å²) in [6.45, 7) is 8.43. The van der Waals surface area contributed by atoms with E-state index in [4.69, 9.17) is 4.74 Å². The van der Waals surface area contributed by atoms with E-state index in [1.807, 2.05) is 12.1 Å². The van der Waals surface area contributed by atoms with Crippen molar-refractivity contribution >= 4 is 141 Å². The predicted molar refractivity (Wildman–Crippen MR) is 354 cm³/mol. The van der Waals surface area contributed by atoms with Crippen LogP contribution < -0.4 is 52.2 Å². The highest BCUT2D eigenvalue weighted by Crippen LogP contribution is 2.50. The van der Waals surface area contributed by atoms with Gasteiger partial charge in [-0.25, -0.2) is 4.39 Å². The Morgan fingerprint density at radius 1 is 0.294 bits per heavy atom. The summed E-state index contributed by atoms with van der Waals surface area (Å²) in [6, 6.07) is 87.4. The number of fused-ring (bicyclic) bond motifs is 14. The Hall–Kier alpha value is -10.5. The van der Waals surface area contributed by atoms with Gasteiger partial charge >= 0.3 is 0 Å². The van der Waals surface area contributed by atoms with E-state index in [0.717, 1.165) is 101 Å². The molecule has 12 aromatic carbocycles. The molecule has 14 aromatic rings. The summed E-state index contributed by atoms with van der Waals surface area (Å²) >= 11 is 0. The number of aromatic nitrogens is 2. The van der Waals surface area contributed by atoms with Crippen LogP contribution in [0.4, 0.5) is 55.6 Å². The lowest BCUT2D eigenvalue weighted by atomic mass is 9.30. The number of ether oxygens (including phenoxy) is 1. The van der Waals surface area contributed by atoms with Gasteiger partial charge in [-0.3, -0.25) is 0 Å². The van der Waals surface area contributed by atoms with Crippen LogP contribution in [0.1, 0.15) is 22.3 Å². The van der Waals surface area contributed by atoms with E-state index in [9.17, 15) is 0 Å². The molecule has 6 heterocycles. The molecule has 0 unspecified atom stereocenters. The van der Waals surface area contributed by atoms with Crippen LogP contribution in [0.25, 0.3) is 55.0 Å². The first-order chi connectivity index (χ1) is 41.8. The maximum atomic E-state index is 17.1. The summed E-state index contributed by atoms with van der Waals surface area (Å²) in [6.07, 6.45) is 0. The zero-order valence-electron chi connectivity index (χ0n) is 47.3. The molecular weight excluding hydrogens is 1040 g/mol. The third kappa shape index (κ3) is 6.61. The summed E-state index contributed by atoms with van der Waals surface area (Å²) in [7, 11) is 0. The van der Waals surface area contributed by atoms with Gasteiger partial charge in [0.1, 0.15) is 17.3 Å². The third-order valence-electron chi connectivity index (χ3n) is 18.8. The van der Waals surface area contributed by atoms with Gasteiger partial charge < -0.3 is 28.6 Å².